The highest BCUT2D eigenvalue weighted by Gasteiger charge is 2.35. The Hall–Kier alpha value is -1.40. The number of fused-ring (bicyclic) bond motifs is 1. The molecule has 160 valence electrons. The molecule has 1 aromatic carbocycles. The van der Waals surface area contributed by atoms with Gasteiger partial charge in [0, 0.05) is 32.1 Å². The van der Waals surface area contributed by atoms with Crippen molar-refractivity contribution in [2.45, 2.75) is 62.3 Å². The van der Waals surface area contributed by atoms with E-state index in [0.29, 0.717) is 30.4 Å². The largest absolute Gasteiger partial charge is 0.342 e. The van der Waals surface area contributed by atoms with Gasteiger partial charge in [-0.2, -0.15) is 0 Å². The van der Waals surface area contributed by atoms with E-state index in [4.69, 9.17) is 0 Å². The third-order valence-corrected chi connectivity index (χ3v) is 9.06. The van der Waals surface area contributed by atoms with E-state index < -0.39 is 9.84 Å². The van der Waals surface area contributed by atoms with Crippen molar-refractivity contribution in [3.8, 4) is 0 Å². The van der Waals surface area contributed by atoms with Crippen LogP contribution in [-0.4, -0.2) is 62.1 Å². The quantitative estimate of drug-likeness (QED) is 0.736. The molecule has 29 heavy (non-hydrogen) atoms. The Morgan fingerprint density at radius 3 is 2.45 bits per heavy atom. The van der Waals surface area contributed by atoms with Crippen LogP contribution in [-0.2, 0) is 14.6 Å². The zero-order valence-electron chi connectivity index (χ0n) is 17.3. The van der Waals surface area contributed by atoms with E-state index in [9.17, 15) is 13.2 Å². The van der Waals surface area contributed by atoms with Crippen LogP contribution in [0.4, 0.5) is 0 Å². The summed E-state index contributed by atoms with van der Waals surface area (Å²) in [6.45, 7) is 3.35. The molecule has 6 heteroatoms. The topological polar surface area (TPSA) is 57.7 Å². The number of rotatable bonds is 5. The van der Waals surface area contributed by atoms with Gasteiger partial charge >= 0.3 is 0 Å². The van der Waals surface area contributed by atoms with Crippen LogP contribution in [0, 0.1) is 11.8 Å². The predicted octanol–water partition coefficient (Wildman–Crippen LogP) is 3.35. The van der Waals surface area contributed by atoms with Crippen molar-refractivity contribution in [3.63, 3.8) is 0 Å². The number of piperidine rings is 1. The maximum absolute atomic E-state index is 12.6. The summed E-state index contributed by atoms with van der Waals surface area (Å²) in [7, 11) is -3.35. The molecule has 3 atom stereocenters. The zero-order valence-corrected chi connectivity index (χ0v) is 18.2. The van der Waals surface area contributed by atoms with Crippen LogP contribution >= 0.6 is 0 Å². The monoisotopic (exact) mass is 418 g/mol. The molecule has 3 aliphatic rings. The van der Waals surface area contributed by atoms with Gasteiger partial charge in [-0.05, 0) is 56.2 Å². The molecule has 1 aromatic rings. The molecule has 5 nitrogen and oxygen atoms in total. The molecule has 0 unspecified atom stereocenters. The van der Waals surface area contributed by atoms with Crippen LogP contribution < -0.4 is 0 Å². The molecule has 1 amide bonds. The van der Waals surface area contributed by atoms with Gasteiger partial charge in [-0.25, -0.2) is 8.42 Å². The van der Waals surface area contributed by atoms with Gasteiger partial charge in [0.05, 0.1) is 10.6 Å². The molecule has 0 bridgehead atoms. The fraction of sp³-hybridized carbons (Fsp3) is 0.696. The van der Waals surface area contributed by atoms with Crippen molar-refractivity contribution in [2.75, 3.05) is 31.9 Å². The lowest BCUT2D eigenvalue weighted by Gasteiger charge is -2.44. The summed E-state index contributed by atoms with van der Waals surface area (Å²) in [6, 6.07) is 9.02. The third-order valence-electron chi connectivity index (χ3n) is 7.35. The van der Waals surface area contributed by atoms with Crippen LogP contribution in [0.3, 0.4) is 0 Å². The summed E-state index contributed by atoms with van der Waals surface area (Å²) in [5, 5.41) is 0. The first-order valence-corrected chi connectivity index (χ1v) is 13.0. The first-order valence-electron chi connectivity index (χ1n) is 11.3. The highest BCUT2D eigenvalue weighted by atomic mass is 32.2. The lowest BCUT2D eigenvalue weighted by atomic mass is 9.74. The molecule has 2 aliphatic heterocycles. The zero-order chi connectivity index (χ0) is 20.3. The molecule has 3 fully saturated rings. The van der Waals surface area contributed by atoms with Crippen LogP contribution in [0.1, 0.15) is 51.4 Å². The molecule has 1 saturated carbocycles. The van der Waals surface area contributed by atoms with Crippen molar-refractivity contribution in [3.05, 3.63) is 30.3 Å². The lowest BCUT2D eigenvalue weighted by molar-refractivity contribution is -0.130. The van der Waals surface area contributed by atoms with Gasteiger partial charge in [-0.15, -0.1) is 0 Å². The number of carbonyl (C=O) groups is 1. The number of benzene rings is 1. The molecule has 4 rings (SSSR count). The summed E-state index contributed by atoms with van der Waals surface area (Å²) in [4.78, 5) is 17.4. The maximum Gasteiger partial charge on any atom is 0.222 e. The number of likely N-dealkylation sites (tertiary alicyclic amines) is 2. The normalized spacial score (nSPS) is 29.3. The average molecular weight is 419 g/mol. The summed E-state index contributed by atoms with van der Waals surface area (Å²) in [5.74, 6) is 1.89. The number of hydrogen-bond donors (Lipinski definition) is 0. The number of hydrogen-bond acceptors (Lipinski definition) is 4. The smallest absolute Gasteiger partial charge is 0.222 e. The van der Waals surface area contributed by atoms with E-state index in [1.54, 1.807) is 29.2 Å². The maximum atomic E-state index is 12.6. The van der Waals surface area contributed by atoms with E-state index in [1.165, 1.54) is 45.2 Å². The Bertz CT molecular complexity index is 796. The van der Waals surface area contributed by atoms with Crippen LogP contribution in [0.25, 0.3) is 0 Å². The SMILES string of the molecule is O=C1CC[C@H](N2CC[C@@H]3CCCC[C@H]3C2)CCN1CCS(=O)(=O)c1ccccc1. The number of amides is 1. The second kappa shape index (κ2) is 9.17. The van der Waals surface area contributed by atoms with E-state index in [2.05, 4.69) is 4.90 Å². The Kier molecular flexibility index (Phi) is 6.60. The standard InChI is InChI=1S/C23H34N2O3S/c26-23-11-10-21(25-14-12-19-6-4-5-7-20(19)18-25)13-15-24(23)16-17-29(27,28)22-8-2-1-3-9-22/h1-3,8-9,19-21H,4-7,10-18H2/t19-,20-,21-/m0/s1. The summed E-state index contributed by atoms with van der Waals surface area (Å²) < 4.78 is 25.1. The minimum absolute atomic E-state index is 0.000881. The van der Waals surface area contributed by atoms with E-state index in [1.807, 2.05) is 6.07 Å². The van der Waals surface area contributed by atoms with Crippen molar-refractivity contribution >= 4 is 15.7 Å². The van der Waals surface area contributed by atoms with Crippen LogP contribution in [0.5, 0.6) is 0 Å². The molecular formula is C23H34N2O3S. The Morgan fingerprint density at radius 2 is 1.66 bits per heavy atom. The van der Waals surface area contributed by atoms with Gasteiger partial charge in [0.15, 0.2) is 9.84 Å². The van der Waals surface area contributed by atoms with Crippen molar-refractivity contribution in [1.82, 2.24) is 9.80 Å². The summed E-state index contributed by atoms with van der Waals surface area (Å²) in [6.07, 6.45) is 9.30. The second-order valence-electron chi connectivity index (χ2n) is 9.08. The second-order valence-corrected chi connectivity index (χ2v) is 11.2. The minimum Gasteiger partial charge on any atom is -0.342 e. The minimum atomic E-state index is -3.35. The highest BCUT2D eigenvalue weighted by Crippen LogP contribution is 2.37. The fourth-order valence-corrected chi connectivity index (χ4v) is 6.83. The van der Waals surface area contributed by atoms with Crippen molar-refractivity contribution < 1.29 is 13.2 Å². The van der Waals surface area contributed by atoms with Crippen molar-refractivity contribution in [2.24, 2.45) is 11.8 Å². The van der Waals surface area contributed by atoms with Crippen molar-refractivity contribution in [1.29, 1.82) is 0 Å². The van der Waals surface area contributed by atoms with Gasteiger partial charge in [0.2, 0.25) is 5.91 Å². The summed E-state index contributed by atoms with van der Waals surface area (Å²) >= 11 is 0. The van der Waals surface area contributed by atoms with E-state index >= 15 is 0 Å². The van der Waals surface area contributed by atoms with Gasteiger partial charge in [0.25, 0.3) is 0 Å². The first kappa shape index (κ1) is 20.9. The molecular weight excluding hydrogens is 384 g/mol. The number of nitrogens with zero attached hydrogens (tertiary/aromatic N) is 2. The Labute approximate surface area is 175 Å². The molecule has 2 heterocycles. The first-order chi connectivity index (χ1) is 14.0. The van der Waals surface area contributed by atoms with E-state index in [-0.39, 0.29) is 11.7 Å². The summed E-state index contributed by atoms with van der Waals surface area (Å²) in [5.41, 5.74) is 0. The van der Waals surface area contributed by atoms with Crippen LogP contribution in [0.15, 0.2) is 35.2 Å². The molecule has 0 spiro atoms. The third kappa shape index (κ3) is 5.02. The van der Waals surface area contributed by atoms with Gasteiger partial charge in [-0.3, -0.25) is 4.79 Å². The lowest BCUT2D eigenvalue weighted by Crippen LogP contribution is -2.47. The number of carbonyl (C=O) groups excluding carboxylic acids is 1. The molecule has 1 aliphatic carbocycles. The predicted molar refractivity (Wildman–Crippen MR) is 114 cm³/mol. The molecule has 0 radical (unpaired) electrons. The Balaban J connectivity index is 1.32. The van der Waals surface area contributed by atoms with Crippen LogP contribution in [0.2, 0.25) is 0 Å². The highest BCUT2D eigenvalue weighted by molar-refractivity contribution is 7.91. The van der Waals surface area contributed by atoms with Gasteiger partial charge < -0.3 is 9.80 Å². The van der Waals surface area contributed by atoms with Gasteiger partial charge in [0.1, 0.15) is 0 Å². The number of sulfone groups is 1. The fourth-order valence-electron chi connectivity index (χ4n) is 5.56. The van der Waals surface area contributed by atoms with Gasteiger partial charge in [-0.1, -0.05) is 37.5 Å². The van der Waals surface area contributed by atoms with E-state index in [0.717, 1.165) is 24.7 Å². The molecule has 0 N–H and O–H groups in total. The Morgan fingerprint density at radius 1 is 0.897 bits per heavy atom. The average Bonchev–Trinajstić information content (AvgIpc) is 2.94. The molecule has 2 saturated heterocycles. The molecule has 0 aromatic heterocycles.